The van der Waals surface area contributed by atoms with Gasteiger partial charge in [0.2, 0.25) is 0 Å². The van der Waals surface area contributed by atoms with Crippen LogP contribution >= 0.6 is 0 Å². The Morgan fingerprint density at radius 2 is 2.41 bits per heavy atom. The van der Waals surface area contributed by atoms with Gasteiger partial charge in [0.15, 0.2) is 0 Å². The van der Waals surface area contributed by atoms with Gasteiger partial charge < -0.3 is 10.1 Å². The molecule has 2 unspecified atom stereocenters. The second kappa shape index (κ2) is 5.10. The summed E-state index contributed by atoms with van der Waals surface area (Å²) < 4.78 is 18.9. The highest BCUT2D eigenvalue weighted by atomic mass is 19.1. The molecule has 2 heterocycles. The van der Waals surface area contributed by atoms with Crippen molar-refractivity contribution < 1.29 is 9.13 Å². The molecule has 2 rings (SSSR count). The van der Waals surface area contributed by atoms with Crippen LogP contribution in [0, 0.1) is 5.82 Å². The molecule has 1 aliphatic heterocycles. The van der Waals surface area contributed by atoms with Crippen molar-refractivity contribution in [2.45, 2.75) is 38.4 Å². The Morgan fingerprint density at radius 3 is 3.06 bits per heavy atom. The summed E-state index contributed by atoms with van der Waals surface area (Å²) in [7, 11) is 0. The van der Waals surface area contributed by atoms with Gasteiger partial charge in [0.05, 0.1) is 17.5 Å². The van der Waals surface area contributed by atoms with Gasteiger partial charge in [-0.25, -0.2) is 4.39 Å². The smallest absolute Gasteiger partial charge is 0.141 e. The minimum atomic E-state index is -0.311. The lowest BCUT2D eigenvalue weighted by molar-refractivity contribution is -0.113. The van der Waals surface area contributed by atoms with Crippen molar-refractivity contribution in [1.29, 1.82) is 0 Å². The standard InChI is InChI=1S/C13H19FN2O/c1-3-6-13(2)9-15-8-12(17-13)11-5-4-10(14)7-16-11/h4-5,7,12,15H,3,6,8-9H2,1-2H3. The van der Waals surface area contributed by atoms with Crippen LogP contribution in [-0.4, -0.2) is 23.7 Å². The van der Waals surface area contributed by atoms with Gasteiger partial charge in [-0.3, -0.25) is 4.98 Å². The number of nitrogens with one attached hydrogen (secondary N) is 1. The largest absolute Gasteiger partial charge is 0.363 e. The molecule has 0 aromatic carbocycles. The minimum absolute atomic E-state index is 0.0825. The van der Waals surface area contributed by atoms with Crippen LogP contribution in [0.3, 0.4) is 0 Å². The SMILES string of the molecule is CCCC1(C)CNCC(c2ccc(F)cn2)O1. The first kappa shape index (κ1) is 12.5. The Bertz CT molecular complexity index is 364. The molecule has 1 aliphatic rings. The second-order valence-electron chi connectivity index (χ2n) is 4.84. The Kier molecular flexibility index (Phi) is 3.74. The van der Waals surface area contributed by atoms with Gasteiger partial charge in [-0.1, -0.05) is 13.3 Å². The van der Waals surface area contributed by atoms with Gasteiger partial charge in [-0.15, -0.1) is 0 Å². The maximum Gasteiger partial charge on any atom is 0.141 e. The first-order chi connectivity index (χ1) is 8.13. The van der Waals surface area contributed by atoms with E-state index in [4.69, 9.17) is 4.74 Å². The van der Waals surface area contributed by atoms with Crippen LogP contribution in [0.1, 0.15) is 38.5 Å². The predicted octanol–water partition coefficient (Wildman–Crippen LogP) is 2.44. The van der Waals surface area contributed by atoms with E-state index in [1.807, 2.05) is 0 Å². The van der Waals surface area contributed by atoms with Gasteiger partial charge in [-0.05, 0) is 25.5 Å². The molecular weight excluding hydrogens is 219 g/mol. The highest BCUT2D eigenvalue weighted by molar-refractivity contribution is 5.10. The van der Waals surface area contributed by atoms with Crippen molar-refractivity contribution in [3.05, 3.63) is 29.8 Å². The molecule has 1 aromatic rings. The Morgan fingerprint density at radius 1 is 1.59 bits per heavy atom. The monoisotopic (exact) mass is 238 g/mol. The number of hydrogen-bond donors (Lipinski definition) is 1. The van der Waals surface area contributed by atoms with E-state index >= 15 is 0 Å². The number of halogens is 1. The van der Waals surface area contributed by atoms with Gasteiger partial charge in [-0.2, -0.15) is 0 Å². The van der Waals surface area contributed by atoms with E-state index < -0.39 is 0 Å². The molecule has 4 heteroatoms. The first-order valence-electron chi connectivity index (χ1n) is 6.13. The maximum absolute atomic E-state index is 12.8. The van der Waals surface area contributed by atoms with Gasteiger partial charge >= 0.3 is 0 Å². The molecule has 17 heavy (non-hydrogen) atoms. The molecule has 1 fully saturated rings. The van der Waals surface area contributed by atoms with E-state index in [0.717, 1.165) is 31.6 Å². The number of nitrogens with zero attached hydrogens (tertiary/aromatic N) is 1. The molecule has 1 aromatic heterocycles. The summed E-state index contributed by atoms with van der Waals surface area (Å²) in [5.74, 6) is -0.311. The average molecular weight is 238 g/mol. The maximum atomic E-state index is 12.8. The molecule has 1 saturated heterocycles. The average Bonchev–Trinajstić information content (AvgIpc) is 2.30. The van der Waals surface area contributed by atoms with E-state index in [0.29, 0.717) is 0 Å². The number of aromatic nitrogens is 1. The molecule has 0 radical (unpaired) electrons. The van der Waals surface area contributed by atoms with E-state index in [1.54, 1.807) is 6.07 Å². The summed E-state index contributed by atoms with van der Waals surface area (Å²) in [5.41, 5.74) is 0.647. The van der Waals surface area contributed by atoms with Crippen molar-refractivity contribution in [3.8, 4) is 0 Å². The number of ether oxygens (including phenoxy) is 1. The molecular formula is C13H19FN2O. The second-order valence-corrected chi connectivity index (χ2v) is 4.84. The Balaban J connectivity index is 2.09. The quantitative estimate of drug-likeness (QED) is 0.878. The number of rotatable bonds is 3. The van der Waals surface area contributed by atoms with E-state index in [-0.39, 0.29) is 17.5 Å². The Hall–Kier alpha value is -1.00. The summed E-state index contributed by atoms with van der Waals surface area (Å²) in [6, 6.07) is 3.12. The van der Waals surface area contributed by atoms with Crippen LogP contribution in [0.25, 0.3) is 0 Å². The summed E-state index contributed by atoms with van der Waals surface area (Å²) in [6.45, 7) is 5.85. The molecule has 0 bridgehead atoms. The van der Waals surface area contributed by atoms with Crippen molar-refractivity contribution in [2.75, 3.05) is 13.1 Å². The van der Waals surface area contributed by atoms with Crippen LogP contribution in [-0.2, 0) is 4.74 Å². The topological polar surface area (TPSA) is 34.2 Å². The zero-order valence-corrected chi connectivity index (χ0v) is 10.4. The van der Waals surface area contributed by atoms with E-state index in [9.17, 15) is 4.39 Å². The molecule has 94 valence electrons. The number of morpholine rings is 1. The van der Waals surface area contributed by atoms with E-state index in [1.165, 1.54) is 12.3 Å². The van der Waals surface area contributed by atoms with Crippen molar-refractivity contribution in [2.24, 2.45) is 0 Å². The Labute approximate surface area is 101 Å². The molecule has 1 N–H and O–H groups in total. The van der Waals surface area contributed by atoms with Crippen LogP contribution in [0.2, 0.25) is 0 Å². The fourth-order valence-electron chi connectivity index (χ4n) is 2.31. The van der Waals surface area contributed by atoms with Crippen LogP contribution < -0.4 is 5.32 Å². The van der Waals surface area contributed by atoms with E-state index in [2.05, 4.69) is 24.1 Å². The molecule has 0 spiro atoms. The number of hydrogen-bond acceptors (Lipinski definition) is 3. The normalized spacial score (nSPS) is 29.2. The molecule has 2 atom stereocenters. The fraction of sp³-hybridized carbons (Fsp3) is 0.615. The predicted molar refractivity (Wildman–Crippen MR) is 64.2 cm³/mol. The molecule has 0 amide bonds. The lowest BCUT2D eigenvalue weighted by Crippen LogP contribution is -2.49. The lowest BCUT2D eigenvalue weighted by atomic mass is 9.97. The van der Waals surface area contributed by atoms with Crippen molar-refractivity contribution >= 4 is 0 Å². The van der Waals surface area contributed by atoms with Gasteiger partial charge in [0.25, 0.3) is 0 Å². The molecule has 0 aliphatic carbocycles. The summed E-state index contributed by atoms with van der Waals surface area (Å²) >= 11 is 0. The zero-order chi connectivity index (χ0) is 12.3. The highest BCUT2D eigenvalue weighted by Crippen LogP contribution is 2.29. The summed E-state index contributed by atoms with van der Waals surface area (Å²) in [4.78, 5) is 4.09. The third-order valence-corrected chi connectivity index (χ3v) is 3.11. The van der Waals surface area contributed by atoms with Crippen LogP contribution in [0.4, 0.5) is 4.39 Å². The summed E-state index contributed by atoms with van der Waals surface area (Å²) in [6.07, 6.45) is 3.25. The minimum Gasteiger partial charge on any atom is -0.363 e. The first-order valence-corrected chi connectivity index (χ1v) is 6.13. The number of pyridine rings is 1. The summed E-state index contributed by atoms with van der Waals surface area (Å²) in [5, 5.41) is 3.36. The lowest BCUT2D eigenvalue weighted by Gasteiger charge is -2.39. The van der Waals surface area contributed by atoms with Crippen molar-refractivity contribution in [1.82, 2.24) is 10.3 Å². The highest BCUT2D eigenvalue weighted by Gasteiger charge is 2.33. The molecule has 3 nitrogen and oxygen atoms in total. The van der Waals surface area contributed by atoms with Gasteiger partial charge in [0, 0.05) is 13.1 Å². The third-order valence-electron chi connectivity index (χ3n) is 3.11. The van der Waals surface area contributed by atoms with Crippen LogP contribution in [0.5, 0.6) is 0 Å². The molecule has 0 saturated carbocycles. The van der Waals surface area contributed by atoms with Crippen molar-refractivity contribution in [3.63, 3.8) is 0 Å². The van der Waals surface area contributed by atoms with Gasteiger partial charge in [0.1, 0.15) is 11.9 Å². The fourth-order valence-corrected chi connectivity index (χ4v) is 2.31. The van der Waals surface area contributed by atoms with Crippen LogP contribution in [0.15, 0.2) is 18.3 Å². The zero-order valence-electron chi connectivity index (χ0n) is 10.4. The third kappa shape index (κ3) is 3.01.